The first-order valence-corrected chi connectivity index (χ1v) is 8.90. The van der Waals surface area contributed by atoms with Crippen molar-refractivity contribution >= 4 is 17.1 Å². The zero-order valence-electron chi connectivity index (χ0n) is 15.7. The van der Waals surface area contributed by atoms with Crippen LogP contribution < -0.4 is 5.32 Å². The van der Waals surface area contributed by atoms with Gasteiger partial charge in [-0.1, -0.05) is 19.9 Å². The van der Waals surface area contributed by atoms with Crippen LogP contribution in [0.25, 0.3) is 16.9 Å². The van der Waals surface area contributed by atoms with Crippen molar-refractivity contribution in [3.8, 4) is 11.4 Å². The molecule has 8 heteroatoms. The van der Waals surface area contributed by atoms with Gasteiger partial charge >= 0.3 is 0 Å². The maximum Gasteiger partial charge on any atom is 0.259 e. The number of rotatable bonds is 4. The zero-order valence-corrected chi connectivity index (χ0v) is 15.7. The Balaban J connectivity index is 1.68. The fourth-order valence-electron chi connectivity index (χ4n) is 2.93. The van der Waals surface area contributed by atoms with Crippen molar-refractivity contribution in [1.29, 1.82) is 0 Å². The van der Waals surface area contributed by atoms with Gasteiger partial charge in [0.15, 0.2) is 5.82 Å². The minimum atomic E-state index is -0.444. The molecule has 0 aliphatic rings. The summed E-state index contributed by atoms with van der Waals surface area (Å²) in [5, 5.41) is 14.0. The summed E-state index contributed by atoms with van der Waals surface area (Å²) in [5.41, 5.74) is 2.45. The van der Waals surface area contributed by atoms with Gasteiger partial charge in [0, 0.05) is 17.8 Å². The molecule has 0 spiro atoms. The van der Waals surface area contributed by atoms with Crippen molar-refractivity contribution in [3.63, 3.8) is 0 Å². The Morgan fingerprint density at radius 1 is 1.29 bits per heavy atom. The van der Waals surface area contributed by atoms with Crippen molar-refractivity contribution in [2.24, 2.45) is 0 Å². The molecule has 3 heterocycles. The molecule has 0 aliphatic carbocycles. The molecule has 1 aromatic carbocycles. The van der Waals surface area contributed by atoms with Crippen LogP contribution in [0.4, 0.5) is 10.1 Å². The fraction of sp³-hybridized carbons (Fsp3) is 0.200. The number of anilines is 1. The van der Waals surface area contributed by atoms with Gasteiger partial charge in [0.1, 0.15) is 11.6 Å². The van der Waals surface area contributed by atoms with E-state index in [0.717, 1.165) is 0 Å². The number of amides is 1. The van der Waals surface area contributed by atoms with Crippen LogP contribution in [0.2, 0.25) is 0 Å². The highest BCUT2D eigenvalue weighted by Gasteiger charge is 2.18. The molecule has 0 atom stereocenters. The number of hydrogen-bond donors (Lipinski definition) is 2. The molecule has 142 valence electrons. The number of carbonyl (C=O) groups excluding carboxylic acids is 1. The summed E-state index contributed by atoms with van der Waals surface area (Å²) >= 11 is 0. The van der Waals surface area contributed by atoms with Gasteiger partial charge in [0.25, 0.3) is 5.91 Å². The number of aromatic amines is 1. The molecule has 0 saturated carbocycles. The van der Waals surface area contributed by atoms with Gasteiger partial charge in [-0.05, 0) is 36.8 Å². The number of fused-ring (bicyclic) bond motifs is 1. The van der Waals surface area contributed by atoms with Gasteiger partial charge in [-0.2, -0.15) is 10.2 Å². The largest absolute Gasteiger partial charge is 0.322 e. The average Bonchev–Trinajstić information content (AvgIpc) is 3.31. The number of benzene rings is 1. The summed E-state index contributed by atoms with van der Waals surface area (Å²) in [6.45, 7) is 5.67. The van der Waals surface area contributed by atoms with E-state index >= 15 is 0 Å². The first-order chi connectivity index (χ1) is 13.4. The molecule has 0 bridgehead atoms. The number of aromatic nitrogens is 5. The molecular weight excluding hydrogens is 359 g/mol. The van der Waals surface area contributed by atoms with Crippen LogP contribution in [0.5, 0.6) is 0 Å². The summed E-state index contributed by atoms with van der Waals surface area (Å²) in [6.07, 6.45) is 3.28. The Kier molecular flexibility index (Phi) is 4.38. The highest BCUT2D eigenvalue weighted by atomic mass is 19.1. The lowest BCUT2D eigenvalue weighted by molar-refractivity contribution is 0.102. The summed E-state index contributed by atoms with van der Waals surface area (Å²) in [6, 6.07) is 8.41. The van der Waals surface area contributed by atoms with Crippen LogP contribution in [0.3, 0.4) is 0 Å². The molecule has 0 radical (unpaired) electrons. The fourth-order valence-corrected chi connectivity index (χ4v) is 2.93. The maximum absolute atomic E-state index is 14.5. The smallest absolute Gasteiger partial charge is 0.259 e. The number of aryl methyl sites for hydroxylation is 1. The first-order valence-electron chi connectivity index (χ1n) is 8.90. The second-order valence-corrected chi connectivity index (χ2v) is 6.89. The van der Waals surface area contributed by atoms with Gasteiger partial charge in [-0.15, -0.1) is 0 Å². The average molecular weight is 378 g/mol. The monoisotopic (exact) mass is 378 g/mol. The molecule has 0 aliphatic heterocycles. The van der Waals surface area contributed by atoms with E-state index in [1.807, 2.05) is 32.0 Å². The predicted octanol–water partition coefficient (Wildman–Crippen LogP) is 3.94. The zero-order chi connectivity index (χ0) is 19.8. The molecule has 1 amide bonds. The molecule has 2 N–H and O–H groups in total. The lowest BCUT2D eigenvalue weighted by Gasteiger charge is -2.10. The lowest BCUT2D eigenvalue weighted by atomic mass is 10.1. The van der Waals surface area contributed by atoms with Crippen molar-refractivity contribution < 1.29 is 9.18 Å². The highest BCUT2D eigenvalue weighted by molar-refractivity contribution is 6.09. The Hall–Kier alpha value is -3.55. The predicted molar refractivity (Wildman–Crippen MR) is 104 cm³/mol. The number of pyridine rings is 1. The van der Waals surface area contributed by atoms with Crippen molar-refractivity contribution in [2.75, 3.05) is 5.32 Å². The molecule has 4 aromatic rings. The summed E-state index contributed by atoms with van der Waals surface area (Å²) in [4.78, 5) is 17.1. The molecule has 4 rings (SSSR count). The Morgan fingerprint density at radius 2 is 2.11 bits per heavy atom. The van der Waals surface area contributed by atoms with Crippen molar-refractivity contribution in [1.82, 2.24) is 24.8 Å². The van der Waals surface area contributed by atoms with E-state index in [4.69, 9.17) is 0 Å². The number of halogens is 1. The molecular formula is C20H19FN6O. The Labute approximate surface area is 160 Å². The number of nitrogens with zero attached hydrogens (tertiary/aromatic N) is 4. The minimum Gasteiger partial charge on any atom is -0.322 e. The third-order valence-electron chi connectivity index (χ3n) is 4.52. The van der Waals surface area contributed by atoms with Crippen LogP contribution in [-0.4, -0.2) is 30.7 Å². The maximum atomic E-state index is 14.5. The molecule has 0 unspecified atom stereocenters. The lowest BCUT2D eigenvalue weighted by Crippen LogP contribution is -2.13. The minimum absolute atomic E-state index is 0.143. The summed E-state index contributed by atoms with van der Waals surface area (Å²) in [5.74, 6) is 0.310. The van der Waals surface area contributed by atoms with E-state index in [9.17, 15) is 9.18 Å². The van der Waals surface area contributed by atoms with Crippen molar-refractivity contribution in [3.05, 3.63) is 65.5 Å². The summed E-state index contributed by atoms with van der Waals surface area (Å²) in [7, 11) is 0. The van der Waals surface area contributed by atoms with E-state index in [1.165, 1.54) is 12.3 Å². The molecule has 7 nitrogen and oxygen atoms in total. The van der Waals surface area contributed by atoms with Gasteiger partial charge in [-0.3, -0.25) is 9.89 Å². The second kappa shape index (κ2) is 6.88. The normalized spacial score (nSPS) is 11.3. The van der Waals surface area contributed by atoms with Gasteiger partial charge in [-0.25, -0.2) is 13.9 Å². The number of carbonyl (C=O) groups is 1. The number of H-pyrrole nitrogens is 1. The van der Waals surface area contributed by atoms with Crippen LogP contribution in [0.15, 0.2) is 42.7 Å². The third-order valence-corrected chi connectivity index (χ3v) is 4.52. The van der Waals surface area contributed by atoms with Crippen molar-refractivity contribution in [2.45, 2.75) is 26.7 Å². The topological polar surface area (TPSA) is 88.0 Å². The van der Waals surface area contributed by atoms with Crippen LogP contribution in [-0.2, 0) is 0 Å². The van der Waals surface area contributed by atoms with E-state index < -0.39 is 5.82 Å². The standard InChI is InChI=1S/C20H19FN6O/c1-11(2)18-24-19(26-25-18)13-9-16(12(3)8-15(13)21)23-20(28)14-10-22-27-7-5-4-6-17(14)27/h4-11H,1-3H3,(H,23,28)(H,24,25,26). The summed E-state index contributed by atoms with van der Waals surface area (Å²) < 4.78 is 16.1. The third kappa shape index (κ3) is 3.13. The van der Waals surface area contributed by atoms with Crippen LogP contribution in [0.1, 0.15) is 41.5 Å². The first kappa shape index (κ1) is 17.8. The quantitative estimate of drug-likeness (QED) is 0.563. The van der Waals surface area contributed by atoms with E-state index in [2.05, 4.69) is 25.6 Å². The molecule has 0 fully saturated rings. The van der Waals surface area contributed by atoms with Gasteiger partial charge < -0.3 is 5.32 Å². The van der Waals surface area contributed by atoms with Crippen LogP contribution in [0, 0.1) is 12.7 Å². The van der Waals surface area contributed by atoms with Gasteiger partial charge in [0.2, 0.25) is 0 Å². The molecule has 0 saturated heterocycles. The Bertz CT molecular complexity index is 1180. The van der Waals surface area contributed by atoms with Crippen LogP contribution >= 0.6 is 0 Å². The van der Waals surface area contributed by atoms with E-state index in [0.29, 0.717) is 28.2 Å². The molecule has 3 aromatic heterocycles. The number of hydrogen-bond acceptors (Lipinski definition) is 4. The highest BCUT2D eigenvalue weighted by Crippen LogP contribution is 2.28. The molecule has 28 heavy (non-hydrogen) atoms. The SMILES string of the molecule is Cc1cc(F)c(-c2n[nH]c(C(C)C)n2)cc1NC(=O)c1cnn2ccccc12. The van der Waals surface area contributed by atoms with E-state index in [-0.39, 0.29) is 23.2 Å². The van der Waals surface area contributed by atoms with Gasteiger partial charge in [0.05, 0.1) is 22.8 Å². The number of nitrogens with one attached hydrogen (secondary N) is 2. The second-order valence-electron chi connectivity index (χ2n) is 6.89. The van der Waals surface area contributed by atoms with E-state index in [1.54, 1.807) is 23.7 Å². The Morgan fingerprint density at radius 3 is 2.86 bits per heavy atom.